The number of aromatic nitrogens is 2. The molecular weight excluding hydrogens is 370 g/mol. The number of hydrogen-bond acceptors (Lipinski definition) is 4. The lowest BCUT2D eigenvalue weighted by Gasteiger charge is -2.10. The number of amides is 2. The highest BCUT2D eigenvalue weighted by Crippen LogP contribution is 2.25. The maximum Gasteiger partial charge on any atom is 0.319 e. The molecule has 3 rings (SSSR count). The average molecular weight is 393 g/mol. The van der Waals surface area contributed by atoms with Gasteiger partial charge in [0, 0.05) is 23.9 Å². The Balaban J connectivity index is 1.67. The molecule has 0 aliphatic heterocycles. The highest BCUT2D eigenvalue weighted by atomic mass is 16.6. The maximum absolute atomic E-state index is 12.3. The first-order chi connectivity index (χ1) is 13.9. The summed E-state index contributed by atoms with van der Waals surface area (Å²) in [6, 6.07) is 14.2. The highest BCUT2D eigenvalue weighted by Gasteiger charge is 2.16. The second kappa shape index (κ2) is 8.55. The number of nitrogens with zero attached hydrogens (tertiary/aromatic N) is 3. The lowest BCUT2D eigenvalue weighted by molar-refractivity contribution is -0.385. The average Bonchev–Trinajstić information content (AvgIpc) is 2.95. The monoisotopic (exact) mass is 393 g/mol. The Kier molecular flexibility index (Phi) is 5.92. The Morgan fingerprint density at radius 2 is 1.83 bits per heavy atom. The first-order valence-corrected chi connectivity index (χ1v) is 9.22. The molecule has 0 aliphatic rings. The van der Waals surface area contributed by atoms with Gasteiger partial charge in [0.05, 0.1) is 28.4 Å². The Hall–Kier alpha value is -3.68. The molecule has 1 heterocycles. The molecule has 2 N–H and O–H groups in total. The van der Waals surface area contributed by atoms with Gasteiger partial charge in [0.15, 0.2) is 0 Å². The lowest BCUT2D eigenvalue weighted by Crippen LogP contribution is -2.29. The van der Waals surface area contributed by atoms with Gasteiger partial charge in [-0.25, -0.2) is 4.79 Å². The zero-order valence-corrected chi connectivity index (χ0v) is 16.6. The van der Waals surface area contributed by atoms with E-state index < -0.39 is 11.0 Å². The van der Waals surface area contributed by atoms with Crippen LogP contribution in [-0.4, -0.2) is 20.7 Å². The third-order valence-corrected chi connectivity index (χ3v) is 4.88. The van der Waals surface area contributed by atoms with Crippen LogP contribution in [0.25, 0.3) is 0 Å². The molecule has 150 valence electrons. The van der Waals surface area contributed by atoms with Crippen LogP contribution in [0.5, 0.6) is 0 Å². The number of rotatable bonds is 6. The zero-order valence-electron chi connectivity index (χ0n) is 16.6. The van der Waals surface area contributed by atoms with Crippen molar-refractivity contribution in [2.24, 2.45) is 0 Å². The van der Waals surface area contributed by atoms with E-state index >= 15 is 0 Å². The number of benzene rings is 2. The van der Waals surface area contributed by atoms with E-state index in [4.69, 9.17) is 0 Å². The van der Waals surface area contributed by atoms with Crippen LogP contribution in [-0.2, 0) is 13.1 Å². The molecule has 2 aromatic carbocycles. The van der Waals surface area contributed by atoms with Crippen LogP contribution >= 0.6 is 0 Å². The van der Waals surface area contributed by atoms with E-state index in [0.717, 1.165) is 22.5 Å². The van der Waals surface area contributed by atoms with E-state index in [1.54, 1.807) is 19.1 Å². The van der Waals surface area contributed by atoms with Crippen molar-refractivity contribution in [3.05, 3.63) is 86.7 Å². The van der Waals surface area contributed by atoms with Crippen molar-refractivity contribution in [1.29, 1.82) is 0 Å². The molecule has 0 atom stereocenters. The van der Waals surface area contributed by atoms with Gasteiger partial charge in [-0.3, -0.25) is 14.8 Å². The van der Waals surface area contributed by atoms with Crippen molar-refractivity contribution in [1.82, 2.24) is 15.1 Å². The van der Waals surface area contributed by atoms with Crippen molar-refractivity contribution in [3.63, 3.8) is 0 Å². The van der Waals surface area contributed by atoms with E-state index in [1.807, 2.05) is 48.9 Å². The molecule has 1 aromatic heterocycles. The van der Waals surface area contributed by atoms with Crippen LogP contribution in [0, 0.1) is 30.9 Å². The predicted octanol–water partition coefficient (Wildman–Crippen LogP) is 4.09. The molecule has 0 saturated heterocycles. The van der Waals surface area contributed by atoms with Crippen LogP contribution in [0.4, 0.5) is 16.2 Å². The van der Waals surface area contributed by atoms with Gasteiger partial charge in [0.1, 0.15) is 0 Å². The fraction of sp³-hybridized carbons (Fsp3) is 0.238. The molecule has 0 saturated carbocycles. The minimum absolute atomic E-state index is 0.0309. The van der Waals surface area contributed by atoms with Gasteiger partial charge in [-0.2, -0.15) is 5.10 Å². The van der Waals surface area contributed by atoms with Crippen molar-refractivity contribution in [2.75, 3.05) is 5.32 Å². The molecule has 2 amide bonds. The van der Waals surface area contributed by atoms with E-state index in [0.29, 0.717) is 24.3 Å². The first kappa shape index (κ1) is 20.1. The van der Waals surface area contributed by atoms with Gasteiger partial charge in [0.2, 0.25) is 0 Å². The van der Waals surface area contributed by atoms with Gasteiger partial charge in [-0.15, -0.1) is 0 Å². The molecule has 0 radical (unpaired) electrons. The summed E-state index contributed by atoms with van der Waals surface area (Å²) < 4.78 is 1.92. The third-order valence-electron chi connectivity index (χ3n) is 4.88. The summed E-state index contributed by atoms with van der Waals surface area (Å²) in [7, 11) is 0. The van der Waals surface area contributed by atoms with Crippen molar-refractivity contribution in [3.8, 4) is 0 Å². The Labute approximate surface area is 168 Å². The van der Waals surface area contributed by atoms with Gasteiger partial charge in [-0.05, 0) is 32.4 Å². The molecule has 0 aliphatic carbocycles. The number of carbonyl (C=O) groups is 1. The third kappa shape index (κ3) is 4.60. The van der Waals surface area contributed by atoms with Gasteiger partial charge in [0.25, 0.3) is 5.69 Å². The predicted molar refractivity (Wildman–Crippen MR) is 111 cm³/mol. The summed E-state index contributed by atoms with van der Waals surface area (Å²) in [5, 5.41) is 21.1. The molecule has 8 nitrogen and oxygen atoms in total. The number of nitro groups is 1. The minimum Gasteiger partial charge on any atom is -0.334 e. The smallest absolute Gasteiger partial charge is 0.319 e. The summed E-state index contributed by atoms with van der Waals surface area (Å²) in [4.78, 5) is 22.9. The number of urea groups is 1. The standard InChI is InChI=1S/C21H23N5O3/c1-14-19(10-7-11-20(14)26(28)29)23-21(27)22-12-18-15(2)24-25(16(18)3)13-17-8-5-4-6-9-17/h4-11H,12-13H2,1-3H3,(H2,22,23,27). The molecule has 29 heavy (non-hydrogen) atoms. The maximum atomic E-state index is 12.3. The number of carbonyl (C=O) groups excluding carboxylic acids is 1. The van der Waals surface area contributed by atoms with Crippen LogP contribution in [0.15, 0.2) is 48.5 Å². The molecule has 0 spiro atoms. The topological polar surface area (TPSA) is 102 Å². The van der Waals surface area contributed by atoms with Crippen molar-refractivity contribution < 1.29 is 9.72 Å². The van der Waals surface area contributed by atoms with Crippen molar-refractivity contribution >= 4 is 17.4 Å². The molecule has 3 aromatic rings. The summed E-state index contributed by atoms with van der Waals surface area (Å²) in [5.41, 5.74) is 4.73. The molecule has 0 unspecified atom stereocenters. The number of nitrogens with one attached hydrogen (secondary N) is 2. The minimum atomic E-state index is -0.466. The largest absolute Gasteiger partial charge is 0.334 e. The van der Waals surface area contributed by atoms with E-state index in [9.17, 15) is 14.9 Å². The van der Waals surface area contributed by atoms with Crippen LogP contribution < -0.4 is 10.6 Å². The molecule has 0 bridgehead atoms. The fourth-order valence-electron chi connectivity index (χ4n) is 3.19. The number of anilines is 1. The van der Waals surface area contributed by atoms with Crippen LogP contribution in [0.1, 0.15) is 28.1 Å². The fourth-order valence-corrected chi connectivity index (χ4v) is 3.19. The SMILES string of the molecule is Cc1nn(Cc2ccccc2)c(C)c1CNC(=O)Nc1cccc([N+](=O)[O-])c1C. The summed E-state index contributed by atoms with van der Waals surface area (Å²) in [6.45, 7) is 6.46. The second-order valence-electron chi connectivity index (χ2n) is 6.81. The Morgan fingerprint density at radius 3 is 2.52 bits per heavy atom. The quantitative estimate of drug-likeness (QED) is 0.486. The second-order valence-corrected chi connectivity index (χ2v) is 6.81. The lowest BCUT2D eigenvalue weighted by atomic mass is 10.1. The zero-order chi connectivity index (χ0) is 21.0. The van der Waals surface area contributed by atoms with Gasteiger partial charge in [-0.1, -0.05) is 36.4 Å². The van der Waals surface area contributed by atoms with Gasteiger partial charge >= 0.3 is 6.03 Å². The van der Waals surface area contributed by atoms with Crippen molar-refractivity contribution in [2.45, 2.75) is 33.9 Å². The molecular formula is C21H23N5O3. The summed E-state index contributed by atoms with van der Waals surface area (Å²) in [5.74, 6) is 0. The molecule has 0 fully saturated rings. The Bertz CT molecular complexity index is 1040. The number of hydrogen-bond donors (Lipinski definition) is 2. The summed E-state index contributed by atoms with van der Waals surface area (Å²) in [6.07, 6.45) is 0. The van der Waals surface area contributed by atoms with Gasteiger partial charge < -0.3 is 10.6 Å². The summed E-state index contributed by atoms with van der Waals surface area (Å²) >= 11 is 0. The highest BCUT2D eigenvalue weighted by molar-refractivity contribution is 5.90. The normalized spacial score (nSPS) is 10.6. The number of nitro benzene ring substituents is 1. The van der Waals surface area contributed by atoms with Crippen LogP contribution in [0.2, 0.25) is 0 Å². The van der Waals surface area contributed by atoms with E-state index in [1.165, 1.54) is 6.07 Å². The van der Waals surface area contributed by atoms with E-state index in [-0.39, 0.29) is 5.69 Å². The van der Waals surface area contributed by atoms with E-state index in [2.05, 4.69) is 15.7 Å². The van der Waals surface area contributed by atoms with Crippen LogP contribution in [0.3, 0.4) is 0 Å². The Morgan fingerprint density at radius 1 is 1.10 bits per heavy atom. The molecule has 8 heteroatoms. The first-order valence-electron chi connectivity index (χ1n) is 9.22. The number of aryl methyl sites for hydroxylation is 1.